The lowest BCUT2D eigenvalue weighted by Crippen LogP contribution is -2.52. The van der Waals surface area contributed by atoms with Gasteiger partial charge in [-0.1, -0.05) is 0 Å². The van der Waals surface area contributed by atoms with E-state index in [-0.39, 0.29) is 11.4 Å². The molecule has 96 valence electrons. The molecule has 1 fully saturated rings. The van der Waals surface area contributed by atoms with Gasteiger partial charge >= 0.3 is 0 Å². The monoisotopic (exact) mass is 235 g/mol. The molecule has 1 rings (SSSR count). The predicted octanol–water partition coefficient (Wildman–Crippen LogP) is -0.0317. The van der Waals surface area contributed by atoms with Crippen LogP contribution in [-0.4, -0.2) is 71.2 Å². The van der Waals surface area contributed by atoms with E-state index in [0.29, 0.717) is 52.7 Å². The highest BCUT2D eigenvalue weighted by Crippen LogP contribution is 2.08. The second-order valence-corrected chi connectivity index (χ2v) is 3.77. The maximum absolute atomic E-state index is 12.0. The molecule has 0 aromatic rings. The number of hydrogen-bond donors (Lipinski definition) is 0. The van der Waals surface area contributed by atoms with Gasteiger partial charge in [-0.15, -0.1) is 0 Å². The van der Waals surface area contributed by atoms with E-state index in [0.717, 1.165) is 0 Å². The highest BCUT2D eigenvalue weighted by atomic mass is 16.7. The van der Waals surface area contributed by atoms with Crippen LogP contribution in [-0.2, 0) is 18.9 Å². The molecular weight excluding hydrogens is 214 g/mol. The van der Waals surface area contributed by atoms with Gasteiger partial charge in [0.25, 0.3) is 0 Å². The fourth-order valence-electron chi connectivity index (χ4n) is 1.45. The lowest BCUT2D eigenvalue weighted by molar-refractivity contribution is -0.889. The Morgan fingerprint density at radius 1 is 1.12 bits per heavy atom. The number of quaternary nitrogens is 1. The average molecular weight is 235 g/mol. The Morgan fingerprint density at radius 2 is 1.81 bits per heavy atom. The van der Waals surface area contributed by atoms with Crippen LogP contribution in [0, 0.1) is 5.21 Å². The van der Waals surface area contributed by atoms with Crippen molar-refractivity contribution in [3.05, 3.63) is 5.21 Å². The van der Waals surface area contributed by atoms with E-state index in [1.165, 1.54) is 0 Å². The molecule has 0 unspecified atom stereocenters. The van der Waals surface area contributed by atoms with Gasteiger partial charge in [0.15, 0.2) is 0 Å². The first-order valence-corrected chi connectivity index (χ1v) is 5.56. The molecule has 1 heterocycles. The summed E-state index contributed by atoms with van der Waals surface area (Å²) in [6.07, 6.45) is 0. The number of hydrogen-bond acceptors (Lipinski definition) is 5. The molecule has 16 heavy (non-hydrogen) atoms. The molecule has 1 saturated heterocycles. The van der Waals surface area contributed by atoms with Crippen molar-refractivity contribution in [3.63, 3.8) is 0 Å². The van der Waals surface area contributed by atoms with Crippen molar-refractivity contribution in [2.45, 2.75) is 0 Å². The van der Waals surface area contributed by atoms with E-state index in [9.17, 15) is 5.21 Å². The summed E-state index contributed by atoms with van der Waals surface area (Å²) in [7, 11) is 1.62. The number of methoxy groups -OCH3 is 1. The van der Waals surface area contributed by atoms with Gasteiger partial charge < -0.3 is 28.8 Å². The number of ether oxygens (including phenoxy) is 4. The Morgan fingerprint density at radius 3 is 2.50 bits per heavy atom. The Hall–Kier alpha value is -0.240. The molecule has 0 atom stereocenters. The number of rotatable bonds is 8. The van der Waals surface area contributed by atoms with Gasteiger partial charge in [-0.05, 0) is 0 Å². The molecule has 6 nitrogen and oxygen atoms in total. The van der Waals surface area contributed by atoms with Crippen LogP contribution in [0.2, 0.25) is 0 Å². The second-order valence-electron chi connectivity index (χ2n) is 3.77. The summed E-state index contributed by atoms with van der Waals surface area (Å²) >= 11 is 0. The van der Waals surface area contributed by atoms with Gasteiger partial charge in [-0.2, -0.15) is 0 Å². The van der Waals surface area contributed by atoms with E-state index >= 15 is 0 Å². The Bertz CT molecular complexity index is 173. The third-order valence-electron chi connectivity index (χ3n) is 2.53. The van der Waals surface area contributed by atoms with Crippen LogP contribution in [0.4, 0.5) is 0 Å². The van der Waals surface area contributed by atoms with Crippen molar-refractivity contribution in [2.75, 3.05) is 66.6 Å². The first-order valence-electron chi connectivity index (χ1n) is 5.56. The molecule has 0 aromatic heterocycles. The van der Waals surface area contributed by atoms with E-state index in [2.05, 4.69) is 0 Å². The highest BCUT2D eigenvalue weighted by molar-refractivity contribution is 4.49. The van der Waals surface area contributed by atoms with Crippen LogP contribution >= 0.6 is 0 Å². The van der Waals surface area contributed by atoms with Crippen molar-refractivity contribution < 1.29 is 23.6 Å². The molecule has 0 radical (unpaired) electrons. The summed E-state index contributed by atoms with van der Waals surface area (Å²) in [5.41, 5.74) is 0. The third-order valence-corrected chi connectivity index (χ3v) is 2.53. The number of nitrogens with zero attached hydrogens (tertiary/aromatic N) is 1. The average Bonchev–Trinajstić information content (AvgIpc) is 2.29. The zero-order chi connectivity index (χ0) is 11.7. The molecule has 1 aliphatic heterocycles. The van der Waals surface area contributed by atoms with E-state index in [1.807, 2.05) is 0 Å². The summed E-state index contributed by atoms with van der Waals surface area (Å²) < 4.78 is 20.1. The minimum absolute atomic E-state index is 0.210. The second kappa shape index (κ2) is 7.94. The molecule has 0 bridgehead atoms. The topological polar surface area (TPSA) is 60.0 Å². The Balaban J connectivity index is 1.93. The lowest BCUT2D eigenvalue weighted by Gasteiger charge is -2.44. The quantitative estimate of drug-likeness (QED) is 0.256. The lowest BCUT2D eigenvalue weighted by atomic mass is 10.4. The van der Waals surface area contributed by atoms with Crippen molar-refractivity contribution in [2.24, 2.45) is 0 Å². The summed E-state index contributed by atoms with van der Waals surface area (Å²) in [5.74, 6) is 0. The van der Waals surface area contributed by atoms with Gasteiger partial charge in [0.05, 0.1) is 33.0 Å². The molecule has 6 heteroatoms. The predicted molar refractivity (Wildman–Crippen MR) is 57.7 cm³/mol. The Labute approximate surface area is 96.2 Å². The van der Waals surface area contributed by atoms with Crippen LogP contribution in [0.15, 0.2) is 0 Å². The van der Waals surface area contributed by atoms with Crippen LogP contribution in [0.3, 0.4) is 0 Å². The molecule has 0 aromatic carbocycles. The third kappa shape index (κ3) is 5.74. The zero-order valence-corrected chi connectivity index (χ0v) is 9.85. The van der Waals surface area contributed by atoms with E-state index in [4.69, 9.17) is 18.9 Å². The van der Waals surface area contributed by atoms with Crippen molar-refractivity contribution >= 4 is 0 Å². The van der Waals surface area contributed by atoms with Crippen molar-refractivity contribution in [1.29, 1.82) is 0 Å². The first kappa shape index (κ1) is 13.8. The summed E-state index contributed by atoms with van der Waals surface area (Å²) in [4.78, 5) is 0. The fraction of sp³-hybridized carbons (Fsp3) is 1.00. The van der Waals surface area contributed by atoms with Gasteiger partial charge in [0.2, 0.25) is 0 Å². The molecule has 0 N–H and O–H groups in total. The zero-order valence-electron chi connectivity index (χ0n) is 9.85. The molecule has 0 saturated carbocycles. The highest BCUT2D eigenvalue weighted by Gasteiger charge is 2.20. The summed E-state index contributed by atoms with van der Waals surface area (Å²) in [5, 5.41) is 12.0. The van der Waals surface area contributed by atoms with Gasteiger partial charge in [0.1, 0.15) is 26.4 Å². The normalized spacial score (nSPS) is 19.9. The maximum atomic E-state index is 12.0. The number of hydroxylamine groups is 3. The summed E-state index contributed by atoms with van der Waals surface area (Å²) in [6, 6.07) is 0. The molecular formula is C10H21NO5. The molecule has 0 aliphatic carbocycles. The minimum atomic E-state index is -0.210. The minimum Gasteiger partial charge on any atom is -0.633 e. The van der Waals surface area contributed by atoms with Gasteiger partial charge in [-0.3, -0.25) is 0 Å². The van der Waals surface area contributed by atoms with Crippen LogP contribution in [0.25, 0.3) is 0 Å². The molecule has 0 amide bonds. The van der Waals surface area contributed by atoms with E-state index < -0.39 is 0 Å². The smallest absolute Gasteiger partial charge is 0.147 e. The van der Waals surface area contributed by atoms with Crippen LogP contribution in [0.1, 0.15) is 0 Å². The molecule has 1 aliphatic rings. The van der Waals surface area contributed by atoms with Crippen LogP contribution in [0.5, 0.6) is 0 Å². The standard InChI is InChI=1S/C10H21NO5/c1-13-8-9-16-10-15-7-4-11(12)2-5-14-6-3-11/h2-10H2,1H3. The van der Waals surface area contributed by atoms with Gasteiger partial charge in [-0.25, -0.2) is 0 Å². The van der Waals surface area contributed by atoms with Gasteiger partial charge in [0, 0.05) is 7.11 Å². The number of morpholine rings is 1. The molecule has 0 spiro atoms. The fourth-order valence-corrected chi connectivity index (χ4v) is 1.45. The van der Waals surface area contributed by atoms with Crippen molar-refractivity contribution in [1.82, 2.24) is 0 Å². The van der Waals surface area contributed by atoms with E-state index in [1.54, 1.807) is 7.11 Å². The largest absolute Gasteiger partial charge is 0.633 e. The Kier molecular flexibility index (Phi) is 6.86. The summed E-state index contributed by atoms with van der Waals surface area (Å²) in [6.45, 7) is 4.33. The van der Waals surface area contributed by atoms with Crippen LogP contribution < -0.4 is 0 Å². The SMILES string of the molecule is COCCOCOCC[N+]1([O-])CCOCC1. The first-order chi connectivity index (χ1) is 7.77. The maximum Gasteiger partial charge on any atom is 0.147 e. The van der Waals surface area contributed by atoms with Crippen molar-refractivity contribution in [3.8, 4) is 0 Å².